The molecule has 1 aromatic carbocycles. The molecule has 0 saturated carbocycles. The van der Waals surface area contributed by atoms with Crippen molar-refractivity contribution in [2.75, 3.05) is 13.1 Å². The van der Waals surface area contributed by atoms with E-state index in [1.807, 2.05) is 0 Å². The van der Waals surface area contributed by atoms with Crippen LogP contribution in [0.3, 0.4) is 0 Å². The maximum atomic E-state index is 12.5. The molecule has 1 aliphatic rings. The molecule has 122 valence electrons. The Kier molecular flexibility index (Phi) is 5.55. The Morgan fingerprint density at radius 1 is 1.23 bits per heavy atom. The van der Waals surface area contributed by atoms with E-state index in [4.69, 9.17) is 5.73 Å². The van der Waals surface area contributed by atoms with Crippen LogP contribution in [0.15, 0.2) is 29.2 Å². The fourth-order valence-corrected chi connectivity index (χ4v) is 3.90. The fraction of sp³-hybridized carbons (Fsp3) is 0.533. The Morgan fingerprint density at radius 3 is 2.36 bits per heavy atom. The average Bonchev–Trinajstić information content (AvgIpc) is 2.53. The molecular formula is C15H23N3O3S. The van der Waals surface area contributed by atoms with E-state index in [2.05, 4.69) is 5.32 Å². The first-order valence-electron chi connectivity index (χ1n) is 7.53. The predicted octanol–water partition coefficient (Wildman–Crippen LogP) is 0.825. The van der Waals surface area contributed by atoms with Gasteiger partial charge in [-0.2, -0.15) is 4.31 Å². The summed E-state index contributed by atoms with van der Waals surface area (Å²) >= 11 is 0. The molecule has 1 fully saturated rings. The Balaban J connectivity index is 2.03. The summed E-state index contributed by atoms with van der Waals surface area (Å²) in [6.45, 7) is 3.14. The first-order valence-corrected chi connectivity index (χ1v) is 8.97. The van der Waals surface area contributed by atoms with Gasteiger partial charge in [-0.15, -0.1) is 0 Å². The van der Waals surface area contributed by atoms with E-state index in [1.54, 1.807) is 35.5 Å². The SMILES string of the molecule is CC(N)C(=O)NCc1ccc(S(=O)(=O)N2CCCCC2)cc1. The Bertz CT molecular complexity index is 605. The molecule has 1 unspecified atom stereocenters. The first-order chi connectivity index (χ1) is 10.4. The number of rotatable bonds is 5. The van der Waals surface area contributed by atoms with E-state index in [1.165, 1.54) is 0 Å². The van der Waals surface area contributed by atoms with Crippen molar-refractivity contribution in [1.29, 1.82) is 0 Å². The number of nitrogens with one attached hydrogen (secondary N) is 1. The second kappa shape index (κ2) is 7.21. The Hall–Kier alpha value is -1.44. The molecule has 0 aromatic heterocycles. The molecule has 7 heteroatoms. The van der Waals surface area contributed by atoms with E-state index in [0.29, 0.717) is 24.5 Å². The van der Waals surface area contributed by atoms with Crippen LogP contribution < -0.4 is 11.1 Å². The van der Waals surface area contributed by atoms with Crippen molar-refractivity contribution in [2.24, 2.45) is 5.73 Å². The quantitative estimate of drug-likeness (QED) is 0.838. The molecule has 1 amide bonds. The molecule has 6 nitrogen and oxygen atoms in total. The van der Waals surface area contributed by atoms with Crippen LogP contribution in [0.5, 0.6) is 0 Å². The third kappa shape index (κ3) is 4.06. The number of benzene rings is 1. The van der Waals surface area contributed by atoms with Gasteiger partial charge in [0.15, 0.2) is 0 Å². The summed E-state index contributed by atoms with van der Waals surface area (Å²) in [5, 5.41) is 2.70. The van der Waals surface area contributed by atoms with Gasteiger partial charge in [0.1, 0.15) is 0 Å². The van der Waals surface area contributed by atoms with Crippen LogP contribution in [0, 0.1) is 0 Å². The summed E-state index contributed by atoms with van der Waals surface area (Å²) in [4.78, 5) is 11.7. The molecular weight excluding hydrogens is 302 g/mol. The highest BCUT2D eigenvalue weighted by Gasteiger charge is 2.25. The van der Waals surface area contributed by atoms with Gasteiger partial charge in [0.2, 0.25) is 15.9 Å². The summed E-state index contributed by atoms with van der Waals surface area (Å²) in [6, 6.07) is 6.07. The molecule has 3 N–H and O–H groups in total. The standard InChI is InChI=1S/C15H23N3O3S/c1-12(16)15(19)17-11-13-5-7-14(8-6-13)22(20,21)18-9-3-2-4-10-18/h5-8,12H,2-4,9-11,16H2,1H3,(H,17,19). The van der Waals surface area contributed by atoms with Gasteiger partial charge in [-0.05, 0) is 37.5 Å². The first kappa shape index (κ1) is 16.9. The van der Waals surface area contributed by atoms with Crippen molar-refractivity contribution in [3.05, 3.63) is 29.8 Å². The van der Waals surface area contributed by atoms with Crippen molar-refractivity contribution < 1.29 is 13.2 Å². The number of hydrogen-bond acceptors (Lipinski definition) is 4. The summed E-state index contributed by atoms with van der Waals surface area (Å²) < 4.78 is 26.5. The third-order valence-corrected chi connectivity index (χ3v) is 5.67. The molecule has 1 aliphatic heterocycles. The second-order valence-electron chi connectivity index (χ2n) is 5.62. The van der Waals surface area contributed by atoms with E-state index in [0.717, 1.165) is 24.8 Å². The lowest BCUT2D eigenvalue weighted by molar-refractivity contribution is -0.122. The molecule has 2 rings (SSSR count). The van der Waals surface area contributed by atoms with E-state index >= 15 is 0 Å². The van der Waals surface area contributed by atoms with Crippen molar-refractivity contribution >= 4 is 15.9 Å². The van der Waals surface area contributed by atoms with Gasteiger partial charge in [-0.3, -0.25) is 4.79 Å². The normalized spacial score (nSPS) is 17.9. The van der Waals surface area contributed by atoms with Crippen molar-refractivity contribution in [1.82, 2.24) is 9.62 Å². The van der Waals surface area contributed by atoms with Crippen molar-refractivity contribution in [3.63, 3.8) is 0 Å². The van der Waals surface area contributed by atoms with E-state index < -0.39 is 16.1 Å². The molecule has 0 spiro atoms. The number of carbonyl (C=O) groups excluding carboxylic acids is 1. The van der Waals surface area contributed by atoms with Crippen LogP contribution >= 0.6 is 0 Å². The smallest absolute Gasteiger partial charge is 0.243 e. The molecule has 1 heterocycles. The lowest BCUT2D eigenvalue weighted by atomic mass is 10.2. The summed E-state index contributed by atoms with van der Waals surface area (Å²) in [5.41, 5.74) is 6.31. The number of sulfonamides is 1. The van der Waals surface area contributed by atoms with Crippen LogP contribution in [-0.2, 0) is 21.4 Å². The lowest BCUT2D eigenvalue weighted by Gasteiger charge is -2.25. The summed E-state index contributed by atoms with van der Waals surface area (Å²) in [5.74, 6) is -0.231. The van der Waals surface area contributed by atoms with Gasteiger partial charge < -0.3 is 11.1 Å². The average molecular weight is 325 g/mol. The lowest BCUT2D eigenvalue weighted by Crippen LogP contribution is -2.37. The van der Waals surface area contributed by atoms with E-state index in [9.17, 15) is 13.2 Å². The van der Waals surface area contributed by atoms with E-state index in [-0.39, 0.29) is 5.91 Å². The number of carbonyl (C=O) groups is 1. The molecule has 0 aliphatic carbocycles. The van der Waals surface area contributed by atoms with Crippen molar-refractivity contribution in [3.8, 4) is 0 Å². The largest absolute Gasteiger partial charge is 0.351 e. The zero-order chi connectivity index (χ0) is 16.2. The number of piperidine rings is 1. The zero-order valence-electron chi connectivity index (χ0n) is 12.8. The van der Waals surface area contributed by atoms with Crippen LogP contribution in [0.1, 0.15) is 31.7 Å². The maximum Gasteiger partial charge on any atom is 0.243 e. The molecule has 1 saturated heterocycles. The topological polar surface area (TPSA) is 92.5 Å². The highest BCUT2D eigenvalue weighted by molar-refractivity contribution is 7.89. The molecule has 22 heavy (non-hydrogen) atoms. The monoisotopic (exact) mass is 325 g/mol. The third-order valence-electron chi connectivity index (χ3n) is 3.76. The van der Waals surface area contributed by atoms with Crippen LogP contribution in [-0.4, -0.2) is 37.8 Å². The number of nitrogens with two attached hydrogens (primary N) is 1. The predicted molar refractivity (Wildman–Crippen MR) is 84.5 cm³/mol. The van der Waals surface area contributed by atoms with Gasteiger partial charge in [0, 0.05) is 19.6 Å². The van der Waals surface area contributed by atoms with Gasteiger partial charge in [0.05, 0.1) is 10.9 Å². The minimum absolute atomic E-state index is 0.231. The maximum absolute atomic E-state index is 12.5. The highest BCUT2D eigenvalue weighted by atomic mass is 32.2. The van der Waals surface area contributed by atoms with Gasteiger partial charge >= 0.3 is 0 Å². The number of amides is 1. The molecule has 0 bridgehead atoms. The van der Waals surface area contributed by atoms with Gasteiger partial charge in [0.25, 0.3) is 0 Å². The molecule has 1 aromatic rings. The molecule has 1 atom stereocenters. The van der Waals surface area contributed by atoms with Crippen LogP contribution in [0.4, 0.5) is 0 Å². The van der Waals surface area contributed by atoms with Crippen LogP contribution in [0.25, 0.3) is 0 Å². The second-order valence-corrected chi connectivity index (χ2v) is 7.55. The minimum Gasteiger partial charge on any atom is -0.351 e. The number of nitrogens with zero attached hydrogens (tertiary/aromatic N) is 1. The summed E-state index contributed by atoms with van der Waals surface area (Å²) in [6.07, 6.45) is 2.92. The van der Waals surface area contributed by atoms with Gasteiger partial charge in [-0.25, -0.2) is 8.42 Å². The highest BCUT2D eigenvalue weighted by Crippen LogP contribution is 2.20. The van der Waals surface area contributed by atoms with Crippen LogP contribution in [0.2, 0.25) is 0 Å². The van der Waals surface area contributed by atoms with Crippen molar-refractivity contribution in [2.45, 2.75) is 43.7 Å². The van der Waals surface area contributed by atoms with Gasteiger partial charge in [-0.1, -0.05) is 18.6 Å². The number of hydrogen-bond donors (Lipinski definition) is 2. The molecule has 0 radical (unpaired) electrons. The fourth-order valence-electron chi connectivity index (χ4n) is 2.38. The summed E-state index contributed by atoms with van der Waals surface area (Å²) in [7, 11) is -3.40. The Labute approximate surface area is 131 Å². The minimum atomic E-state index is -3.40. The zero-order valence-corrected chi connectivity index (χ0v) is 13.6. The Morgan fingerprint density at radius 2 is 1.82 bits per heavy atom.